The van der Waals surface area contributed by atoms with Gasteiger partial charge in [0.1, 0.15) is 5.75 Å². The van der Waals surface area contributed by atoms with E-state index < -0.39 is 0 Å². The van der Waals surface area contributed by atoms with Crippen LogP contribution in [0.15, 0.2) is 61.4 Å². The molecule has 0 unspecified atom stereocenters. The molecule has 8 nitrogen and oxygen atoms in total. The number of anilines is 4. The number of rotatable bonds is 11. The molecule has 0 saturated heterocycles. The van der Waals surface area contributed by atoms with Crippen LogP contribution in [0.5, 0.6) is 5.75 Å². The Morgan fingerprint density at radius 3 is 2.65 bits per heavy atom. The Hall–Kier alpha value is -3.75. The molecule has 0 radical (unpaired) electrons. The van der Waals surface area contributed by atoms with Crippen LogP contribution in [0.25, 0.3) is 22.2 Å². The van der Waals surface area contributed by atoms with E-state index in [0.29, 0.717) is 29.0 Å². The number of likely N-dealkylation sites (N-methyl/N-ethyl adjacent to an activating group) is 2. The number of halogens is 1. The average molecular weight is 520 g/mol. The predicted octanol–water partition coefficient (Wildman–Crippen LogP) is 5.64. The number of nitrogens with one attached hydrogen (secondary N) is 2. The van der Waals surface area contributed by atoms with E-state index in [0.717, 1.165) is 46.6 Å². The second-order valence-electron chi connectivity index (χ2n) is 9.15. The molecule has 0 atom stereocenters. The molecule has 9 heteroatoms. The fraction of sp³-hybridized carbons (Fsp3) is 0.286. The van der Waals surface area contributed by atoms with Crippen molar-refractivity contribution < 1.29 is 4.74 Å². The quantitative estimate of drug-likeness (QED) is 0.249. The first-order valence-electron chi connectivity index (χ1n) is 12.1. The lowest BCUT2D eigenvalue weighted by molar-refractivity contribution is 0.413. The molecule has 2 N–H and O–H groups in total. The molecule has 0 amide bonds. The lowest BCUT2D eigenvalue weighted by Gasteiger charge is -2.26. The van der Waals surface area contributed by atoms with Gasteiger partial charge in [-0.1, -0.05) is 35.9 Å². The maximum Gasteiger partial charge on any atom is 0.227 e. The molecule has 0 spiro atoms. The number of nitrogens with zero attached hydrogens (tertiary/aromatic N) is 5. The van der Waals surface area contributed by atoms with Gasteiger partial charge in [0.2, 0.25) is 5.95 Å². The fourth-order valence-corrected chi connectivity index (χ4v) is 4.41. The highest BCUT2D eigenvalue weighted by Gasteiger charge is 2.17. The van der Waals surface area contributed by atoms with Gasteiger partial charge in [0, 0.05) is 62.5 Å². The highest BCUT2D eigenvalue weighted by atomic mass is 35.5. The molecule has 0 fully saturated rings. The van der Waals surface area contributed by atoms with Crippen LogP contribution in [0, 0.1) is 0 Å². The van der Waals surface area contributed by atoms with E-state index in [1.165, 1.54) is 0 Å². The van der Waals surface area contributed by atoms with Crippen molar-refractivity contribution in [1.29, 1.82) is 0 Å². The van der Waals surface area contributed by atoms with Gasteiger partial charge in [-0.3, -0.25) is 0 Å². The number of aromatic nitrogens is 3. The van der Waals surface area contributed by atoms with Crippen molar-refractivity contribution in [3.05, 3.63) is 66.5 Å². The van der Waals surface area contributed by atoms with Crippen molar-refractivity contribution in [3.63, 3.8) is 0 Å². The van der Waals surface area contributed by atoms with Crippen LogP contribution in [0.2, 0.25) is 5.02 Å². The standard InChI is InChI=1S/C28H34ClN7O/c1-7-12-30-22-15-23(26(37-6)16-25(22)35(4)14-13-34(2)3)32-28-31-17-21(29)27(33-28)20-18-36(5)24-11-9-8-10-19(20)24/h7-11,15-18,30H,1,12-14H2,2-6H3,(H,31,32,33). The third kappa shape index (κ3) is 5.81. The largest absolute Gasteiger partial charge is 0.494 e. The molecule has 37 heavy (non-hydrogen) atoms. The van der Waals surface area contributed by atoms with Gasteiger partial charge >= 0.3 is 0 Å². The van der Waals surface area contributed by atoms with E-state index in [9.17, 15) is 0 Å². The zero-order chi connectivity index (χ0) is 26.5. The average Bonchev–Trinajstić information content (AvgIpc) is 3.23. The van der Waals surface area contributed by atoms with Gasteiger partial charge in [0.25, 0.3) is 0 Å². The number of hydrogen-bond donors (Lipinski definition) is 2. The third-order valence-electron chi connectivity index (χ3n) is 6.19. The predicted molar refractivity (Wildman–Crippen MR) is 156 cm³/mol. The lowest BCUT2D eigenvalue weighted by Crippen LogP contribution is -2.29. The first-order valence-corrected chi connectivity index (χ1v) is 12.5. The minimum atomic E-state index is 0.425. The van der Waals surface area contributed by atoms with Gasteiger partial charge in [-0.05, 0) is 26.2 Å². The van der Waals surface area contributed by atoms with Crippen molar-refractivity contribution >= 4 is 45.5 Å². The van der Waals surface area contributed by atoms with Gasteiger partial charge in [0.15, 0.2) is 0 Å². The second-order valence-corrected chi connectivity index (χ2v) is 9.56. The summed E-state index contributed by atoms with van der Waals surface area (Å²) in [6.45, 7) is 6.26. The summed E-state index contributed by atoms with van der Waals surface area (Å²) < 4.78 is 7.83. The van der Waals surface area contributed by atoms with E-state index in [-0.39, 0.29) is 0 Å². The third-order valence-corrected chi connectivity index (χ3v) is 6.47. The summed E-state index contributed by atoms with van der Waals surface area (Å²) in [5, 5.41) is 8.35. The van der Waals surface area contributed by atoms with Gasteiger partial charge in [-0.15, -0.1) is 6.58 Å². The molecule has 0 aliphatic rings. The first kappa shape index (κ1) is 26.3. The first-order chi connectivity index (χ1) is 17.8. The Morgan fingerprint density at radius 1 is 1.14 bits per heavy atom. The van der Waals surface area contributed by atoms with E-state index in [1.807, 2.05) is 43.6 Å². The molecule has 2 aromatic carbocycles. The monoisotopic (exact) mass is 519 g/mol. The maximum absolute atomic E-state index is 6.58. The highest BCUT2D eigenvalue weighted by molar-refractivity contribution is 6.33. The van der Waals surface area contributed by atoms with Crippen LogP contribution in [-0.4, -0.2) is 67.3 Å². The van der Waals surface area contributed by atoms with Crippen LogP contribution in [0.1, 0.15) is 0 Å². The van der Waals surface area contributed by atoms with Gasteiger partial charge in [-0.25, -0.2) is 9.97 Å². The summed E-state index contributed by atoms with van der Waals surface area (Å²) >= 11 is 6.58. The van der Waals surface area contributed by atoms with E-state index in [2.05, 4.69) is 69.8 Å². The number of fused-ring (bicyclic) bond motifs is 1. The number of ether oxygens (including phenoxy) is 1. The Bertz CT molecular complexity index is 1400. The Balaban J connectivity index is 1.72. The number of hydrogen-bond acceptors (Lipinski definition) is 7. The van der Waals surface area contributed by atoms with Gasteiger partial charge in [0.05, 0.1) is 41.1 Å². The molecular weight excluding hydrogens is 486 g/mol. The molecule has 0 bridgehead atoms. The van der Waals surface area contributed by atoms with Crippen LogP contribution >= 0.6 is 11.6 Å². The number of para-hydroxylation sites is 1. The Kier molecular flexibility index (Phi) is 8.21. The van der Waals surface area contributed by atoms with E-state index >= 15 is 0 Å². The second kappa shape index (κ2) is 11.5. The number of benzene rings is 2. The zero-order valence-corrected chi connectivity index (χ0v) is 22.8. The van der Waals surface area contributed by atoms with Gasteiger partial charge in [-0.2, -0.15) is 0 Å². The van der Waals surface area contributed by atoms with Gasteiger partial charge < -0.3 is 29.7 Å². The normalized spacial score (nSPS) is 11.1. The minimum Gasteiger partial charge on any atom is -0.494 e. The Morgan fingerprint density at radius 2 is 1.92 bits per heavy atom. The van der Waals surface area contributed by atoms with Crippen molar-refractivity contribution in [2.45, 2.75) is 0 Å². The molecule has 0 aliphatic heterocycles. The number of methoxy groups -OCH3 is 1. The zero-order valence-electron chi connectivity index (χ0n) is 22.0. The SMILES string of the molecule is C=CCNc1cc(Nc2ncc(Cl)c(-c3cn(C)c4ccccc34)n2)c(OC)cc1N(C)CCN(C)C. The van der Waals surface area contributed by atoms with Crippen LogP contribution in [-0.2, 0) is 7.05 Å². The number of aryl methyl sites for hydroxylation is 1. The van der Waals surface area contributed by atoms with Crippen LogP contribution < -0.4 is 20.3 Å². The summed E-state index contributed by atoms with van der Waals surface area (Å²) in [5.74, 6) is 1.11. The van der Waals surface area contributed by atoms with Crippen molar-refractivity contribution in [2.75, 3.05) is 63.4 Å². The van der Waals surface area contributed by atoms with Crippen molar-refractivity contribution in [2.24, 2.45) is 7.05 Å². The molecule has 194 valence electrons. The summed E-state index contributed by atoms with van der Waals surface area (Å²) in [6, 6.07) is 12.2. The molecule has 2 heterocycles. The topological polar surface area (TPSA) is 70.5 Å². The Labute approximate surface area is 223 Å². The highest BCUT2D eigenvalue weighted by Crippen LogP contribution is 2.39. The fourth-order valence-electron chi connectivity index (χ4n) is 4.21. The van der Waals surface area contributed by atoms with Crippen LogP contribution in [0.4, 0.5) is 23.0 Å². The minimum absolute atomic E-state index is 0.425. The lowest BCUT2D eigenvalue weighted by atomic mass is 10.1. The summed E-state index contributed by atoms with van der Waals surface area (Å²) in [4.78, 5) is 13.6. The molecule has 0 saturated carbocycles. The van der Waals surface area contributed by atoms with E-state index in [4.69, 9.17) is 21.3 Å². The smallest absolute Gasteiger partial charge is 0.227 e. The van der Waals surface area contributed by atoms with E-state index in [1.54, 1.807) is 13.3 Å². The molecule has 4 rings (SSSR count). The summed E-state index contributed by atoms with van der Waals surface area (Å²) in [7, 11) is 9.88. The summed E-state index contributed by atoms with van der Waals surface area (Å²) in [5.41, 5.74) is 5.44. The maximum atomic E-state index is 6.58. The van der Waals surface area contributed by atoms with Crippen LogP contribution in [0.3, 0.4) is 0 Å². The summed E-state index contributed by atoms with van der Waals surface area (Å²) in [6.07, 6.45) is 5.50. The molecule has 4 aromatic rings. The molecular formula is C28H34ClN7O. The molecule has 2 aromatic heterocycles. The van der Waals surface area contributed by atoms with Crippen molar-refractivity contribution in [3.8, 4) is 17.0 Å². The molecule has 0 aliphatic carbocycles. The van der Waals surface area contributed by atoms with Crippen molar-refractivity contribution in [1.82, 2.24) is 19.4 Å².